The Balaban J connectivity index is 2.39. The first-order valence-electron chi connectivity index (χ1n) is 4.88. The second kappa shape index (κ2) is 4.39. The van der Waals surface area contributed by atoms with Gasteiger partial charge in [0.05, 0.1) is 10.5 Å². The summed E-state index contributed by atoms with van der Waals surface area (Å²) in [5, 5.41) is 0. The van der Waals surface area contributed by atoms with E-state index in [1.165, 1.54) is 6.07 Å². The van der Waals surface area contributed by atoms with E-state index in [0.717, 1.165) is 11.3 Å². The highest BCUT2D eigenvalue weighted by Gasteiger charge is 2.09. The Morgan fingerprint density at radius 2 is 2.06 bits per heavy atom. The maximum absolute atomic E-state index is 13.1. The van der Waals surface area contributed by atoms with Gasteiger partial charge in [0.2, 0.25) is 0 Å². The van der Waals surface area contributed by atoms with Crippen molar-refractivity contribution in [3.05, 3.63) is 46.4 Å². The van der Waals surface area contributed by atoms with E-state index in [4.69, 9.17) is 10.2 Å². The molecular weight excluding hydrogens is 273 g/mol. The molecule has 16 heavy (non-hydrogen) atoms. The lowest BCUT2D eigenvalue weighted by molar-refractivity contribution is 0.491. The zero-order valence-electron chi connectivity index (χ0n) is 8.71. The third kappa shape index (κ3) is 2.18. The maximum Gasteiger partial charge on any atom is 0.137 e. The molecule has 2 nitrogen and oxygen atoms in total. The van der Waals surface area contributed by atoms with Crippen LogP contribution in [0.3, 0.4) is 0 Å². The lowest BCUT2D eigenvalue weighted by Crippen LogP contribution is -2.02. The van der Waals surface area contributed by atoms with Crippen LogP contribution in [0.4, 0.5) is 4.39 Å². The smallest absolute Gasteiger partial charge is 0.137 e. The molecule has 2 rings (SSSR count). The van der Waals surface area contributed by atoms with E-state index in [1.54, 1.807) is 12.1 Å². The molecule has 0 saturated carbocycles. The van der Waals surface area contributed by atoms with E-state index >= 15 is 0 Å². The molecule has 0 radical (unpaired) electrons. The van der Waals surface area contributed by atoms with Crippen LogP contribution in [-0.4, -0.2) is 0 Å². The lowest BCUT2D eigenvalue weighted by atomic mass is 10.2. The fourth-order valence-electron chi connectivity index (χ4n) is 1.40. The molecule has 1 aromatic heterocycles. The summed E-state index contributed by atoms with van der Waals surface area (Å²) in [5.41, 5.74) is 6.52. The van der Waals surface area contributed by atoms with Gasteiger partial charge >= 0.3 is 0 Å². The highest BCUT2D eigenvalue weighted by Crippen LogP contribution is 2.28. The topological polar surface area (TPSA) is 39.2 Å². The number of hydrogen-bond donors (Lipinski definition) is 1. The molecule has 0 fully saturated rings. The van der Waals surface area contributed by atoms with Crippen LogP contribution in [0.15, 0.2) is 39.2 Å². The SMILES string of the molecule is CC(N)c1ccc(-c2ccc(F)c(Br)c2)o1. The Bertz CT molecular complexity index is 507. The van der Waals surface area contributed by atoms with Crippen molar-refractivity contribution in [1.29, 1.82) is 0 Å². The molecule has 0 bridgehead atoms. The number of nitrogens with two attached hydrogens (primary N) is 1. The molecule has 1 atom stereocenters. The van der Waals surface area contributed by atoms with Gasteiger partial charge in [-0.15, -0.1) is 0 Å². The monoisotopic (exact) mass is 283 g/mol. The number of benzene rings is 1. The molecule has 4 heteroatoms. The van der Waals surface area contributed by atoms with Crippen LogP contribution in [0.2, 0.25) is 0 Å². The van der Waals surface area contributed by atoms with Crippen LogP contribution in [0, 0.1) is 5.82 Å². The largest absolute Gasteiger partial charge is 0.459 e. The van der Waals surface area contributed by atoms with Gasteiger partial charge in [-0.25, -0.2) is 4.39 Å². The van der Waals surface area contributed by atoms with Crippen LogP contribution in [0.1, 0.15) is 18.7 Å². The summed E-state index contributed by atoms with van der Waals surface area (Å²) in [6.07, 6.45) is 0. The highest BCUT2D eigenvalue weighted by atomic mass is 79.9. The van der Waals surface area contributed by atoms with Crippen molar-refractivity contribution in [2.75, 3.05) is 0 Å². The van der Waals surface area contributed by atoms with Gasteiger partial charge in [0.1, 0.15) is 17.3 Å². The van der Waals surface area contributed by atoms with E-state index in [9.17, 15) is 4.39 Å². The van der Waals surface area contributed by atoms with Crippen molar-refractivity contribution in [3.63, 3.8) is 0 Å². The molecule has 0 amide bonds. The normalized spacial score (nSPS) is 12.8. The quantitative estimate of drug-likeness (QED) is 0.909. The van der Waals surface area contributed by atoms with E-state index in [0.29, 0.717) is 10.2 Å². The molecular formula is C12H11BrFNO. The minimum atomic E-state index is -0.289. The summed E-state index contributed by atoms with van der Waals surface area (Å²) in [7, 11) is 0. The maximum atomic E-state index is 13.1. The fraction of sp³-hybridized carbons (Fsp3) is 0.167. The predicted molar refractivity (Wildman–Crippen MR) is 64.4 cm³/mol. The number of rotatable bonds is 2. The van der Waals surface area contributed by atoms with Gasteiger partial charge in [-0.2, -0.15) is 0 Å². The van der Waals surface area contributed by atoms with Crippen molar-refractivity contribution < 1.29 is 8.81 Å². The van der Waals surface area contributed by atoms with Crippen LogP contribution < -0.4 is 5.73 Å². The zero-order valence-corrected chi connectivity index (χ0v) is 10.3. The number of furan rings is 1. The fourth-order valence-corrected chi connectivity index (χ4v) is 1.78. The van der Waals surface area contributed by atoms with Gasteiger partial charge in [-0.05, 0) is 53.2 Å². The van der Waals surface area contributed by atoms with Crippen molar-refractivity contribution in [3.8, 4) is 11.3 Å². The first-order chi connectivity index (χ1) is 7.58. The minimum absolute atomic E-state index is 0.141. The van der Waals surface area contributed by atoms with E-state index in [2.05, 4.69) is 15.9 Å². The first-order valence-corrected chi connectivity index (χ1v) is 5.68. The average Bonchev–Trinajstić information content (AvgIpc) is 2.71. The standard InChI is InChI=1S/C12H11BrFNO/c1-7(15)11-4-5-12(16-11)8-2-3-10(14)9(13)6-8/h2-7H,15H2,1H3. The number of halogens is 2. The Kier molecular flexibility index (Phi) is 3.12. The van der Waals surface area contributed by atoms with E-state index in [-0.39, 0.29) is 11.9 Å². The Labute approximate surface area is 101 Å². The third-order valence-electron chi connectivity index (χ3n) is 2.28. The van der Waals surface area contributed by atoms with E-state index < -0.39 is 0 Å². The van der Waals surface area contributed by atoms with Crippen molar-refractivity contribution in [2.45, 2.75) is 13.0 Å². The van der Waals surface area contributed by atoms with Crippen LogP contribution in [0.25, 0.3) is 11.3 Å². The third-order valence-corrected chi connectivity index (χ3v) is 2.89. The van der Waals surface area contributed by atoms with Crippen molar-refractivity contribution >= 4 is 15.9 Å². The van der Waals surface area contributed by atoms with Gasteiger partial charge in [-0.3, -0.25) is 0 Å². The predicted octanol–water partition coefficient (Wildman–Crippen LogP) is 3.87. The van der Waals surface area contributed by atoms with Crippen molar-refractivity contribution in [1.82, 2.24) is 0 Å². The first kappa shape index (κ1) is 11.4. The Hall–Kier alpha value is -1.13. The van der Waals surface area contributed by atoms with Crippen LogP contribution in [-0.2, 0) is 0 Å². The van der Waals surface area contributed by atoms with E-state index in [1.807, 2.05) is 19.1 Å². The molecule has 1 aromatic carbocycles. The van der Waals surface area contributed by atoms with Crippen LogP contribution in [0.5, 0.6) is 0 Å². The van der Waals surface area contributed by atoms with Gasteiger partial charge in [0, 0.05) is 5.56 Å². The highest BCUT2D eigenvalue weighted by molar-refractivity contribution is 9.10. The second-order valence-corrected chi connectivity index (χ2v) is 4.47. The Morgan fingerprint density at radius 3 is 2.62 bits per heavy atom. The van der Waals surface area contributed by atoms with Gasteiger partial charge in [-0.1, -0.05) is 0 Å². The lowest BCUT2D eigenvalue weighted by Gasteiger charge is -2.01. The summed E-state index contributed by atoms with van der Waals surface area (Å²) in [6, 6.07) is 8.27. The van der Waals surface area contributed by atoms with Gasteiger partial charge in [0.15, 0.2) is 0 Å². The molecule has 84 valence electrons. The molecule has 2 aromatic rings. The summed E-state index contributed by atoms with van der Waals surface area (Å²) in [4.78, 5) is 0. The summed E-state index contributed by atoms with van der Waals surface area (Å²) >= 11 is 3.14. The molecule has 0 aliphatic heterocycles. The second-order valence-electron chi connectivity index (χ2n) is 3.62. The van der Waals surface area contributed by atoms with Crippen LogP contribution >= 0.6 is 15.9 Å². The molecule has 0 spiro atoms. The van der Waals surface area contributed by atoms with Gasteiger partial charge < -0.3 is 10.2 Å². The summed E-state index contributed by atoms with van der Waals surface area (Å²) < 4.78 is 19.0. The van der Waals surface area contributed by atoms with Crippen molar-refractivity contribution in [2.24, 2.45) is 5.73 Å². The Morgan fingerprint density at radius 1 is 1.31 bits per heavy atom. The average molecular weight is 284 g/mol. The summed E-state index contributed by atoms with van der Waals surface area (Å²) in [6.45, 7) is 1.85. The molecule has 2 N–H and O–H groups in total. The molecule has 0 aliphatic carbocycles. The molecule has 0 saturated heterocycles. The van der Waals surface area contributed by atoms with Gasteiger partial charge in [0.25, 0.3) is 0 Å². The minimum Gasteiger partial charge on any atom is -0.459 e. The molecule has 0 aliphatic rings. The molecule has 1 heterocycles. The number of hydrogen-bond acceptors (Lipinski definition) is 2. The summed E-state index contributed by atoms with van der Waals surface area (Å²) in [5.74, 6) is 1.12. The zero-order chi connectivity index (χ0) is 11.7. The molecule has 1 unspecified atom stereocenters.